The third-order valence-electron chi connectivity index (χ3n) is 3.14. The summed E-state index contributed by atoms with van der Waals surface area (Å²) < 4.78 is 28.0. The first-order chi connectivity index (χ1) is 12.3. The molecule has 0 atom stereocenters. The van der Waals surface area contributed by atoms with Crippen LogP contribution >= 0.6 is 47.3 Å². The summed E-state index contributed by atoms with van der Waals surface area (Å²) in [6, 6.07) is 12.2. The van der Waals surface area contributed by atoms with Gasteiger partial charge in [0.2, 0.25) is 0 Å². The molecule has 0 saturated heterocycles. The molecule has 0 unspecified atom stereocenters. The lowest BCUT2D eigenvalue weighted by Crippen LogP contribution is -2.13. The Labute approximate surface area is 172 Å². The molecule has 2 aromatic carbocycles. The summed E-state index contributed by atoms with van der Waals surface area (Å²) in [6.07, 6.45) is 0. The molecule has 4 nitrogen and oxygen atoms in total. The topological polar surface area (TPSA) is 63.2 Å². The first-order valence-electron chi connectivity index (χ1n) is 7.53. The zero-order valence-corrected chi connectivity index (χ0v) is 17.8. The number of hydrogen-bond acceptors (Lipinski definition) is 6. The van der Waals surface area contributed by atoms with E-state index in [-0.39, 0.29) is 16.4 Å². The Balaban J connectivity index is 2.10. The fourth-order valence-electron chi connectivity index (χ4n) is 1.95. The number of thioether (sulfide) groups is 2. The summed E-state index contributed by atoms with van der Waals surface area (Å²) in [4.78, 5) is 12.4. The Morgan fingerprint density at radius 1 is 1.15 bits per heavy atom. The number of nitrogens with one attached hydrogen (secondary N) is 1. The van der Waals surface area contributed by atoms with Crippen LogP contribution in [0, 0.1) is 0 Å². The van der Waals surface area contributed by atoms with Gasteiger partial charge in [-0.1, -0.05) is 54.6 Å². The number of hydrogen-bond donors (Lipinski definition) is 1. The lowest BCUT2D eigenvalue weighted by Gasteiger charge is -2.09. The summed E-state index contributed by atoms with van der Waals surface area (Å²) >= 11 is 13.8. The van der Waals surface area contributed by atoms with Crippen molar-refractivity contribution in [2.45, 2.75) is 11.8 Å². The molecule has 9 heteroatoms. The summed E-state index contributed by atoms with van der Waals surface area (Å²) in [5, 5.41) is 0.452. The summed E-state index contributed by atoms with van der Waals surface area (Å²) in [6.45, 7) is 2.00. The zero-order chi connectivity index (χ0) is 19.2. The average Bonchev–Trinajstić information content (AvgIpc) is 2.60. The van der Waals surface area contributed by atoms with Crippen molar-refractivity contribution in [2.75, 3.05) is 16.2 Å². The highest BCUT2D eigenvalue weighted by molar-refractivity contribution is 8.47. The molecule has 0 spiro atoms. The first-order valence-corrected chi connectivity index (χ1v) is 11.8. The number of rotatable bonds is 7. The maximum atomic E-state index is 12.4. The number of benzene rings is 2. The lowest BCUT2D eigenvalue weighted by atomic mass is 10.1. The number of carbonyl (C=O) groups is 1. The van der Waals surface area contributed by atoms with Crippen molar-refractivity contribution in [2.24, 2.45) is 0 Å². The Hall–Kier alpha value is -1.06. The normalized spacial score (nSPS) is 11.2. The van der Waals surface area contributed by atoms with E-state index < -0.39 is 10.0 Å². The molecule has 138 valence electrons. The van der Waals surface area contributed by atoms with Crippen molar-refractivity contribution in [3.63, 3.8) is 0 Å². The second kappa shape index (κ2) is 9.75. The van der Waals surface area contributed by atoms with Crippen LogP contribution in [0.2, 0.25) is 5.02 Å². The minimum atomic E-state index is -3.75. The molecule has 0 heterocycles. The molecule has 0 aliphatic carbocycles. The van der Waals surface area contributed by atoms with Crippen molar-refractivity contribution < 1.29 is 13.2 Å². The van der Waals surface area contributed by atoms with Gasteiger partial charge < -0.3 is 0 Å². The second-order valence-electron chi connectivity index (χ2n) is 5.04. The molecule has 0 aliphatic heterocycles. The smallest absolute Gasteiger partial charge is 0.261 e. The Morgan fingerprint density at radius 3 is 2.50 bits per heavy atom. The molecule has 0 aliphatic rings. The molecule has 0 saturated carbocycles. The van der Waals surface area contributed by atoms with Gasteiger partial charge in [0.25, 0.3) is 10.0 Å². The van der Waals surface area contributed by atoms with Gasteiger partial charge in [0, 0.05) is 16.3 Å². The fraction of sp³-hybridized carbons (Fsp3) is 0.176. The van der Waals surface area contributed by atoms with Gasteiger partial charge in [-0.05, 0) is 42.2 Å². The zero-order valence-electron chi connectivity index (χ0n) is 13.8. The van der Waals surface area contributed by atoms with Crippen LogP contribution in [0.4, 0.5) is 5.69 Å². The minimum absolute atomic E-state index is 0.0936. The van der Waals surface area contributed by atoms with E-state index in [2.05, 4.69) is 4.72 Å². The SMILES string of the molecule is CCSC(=S)SCC(=O)c1cccc(NS(=O)(=O)c2ccc(Cl)cc2)c1. The lowest BCUT2D eigenvalue weighted by molar-refractivity contribution is 0.102. The maximum absolute atomic E-state index is 12.4. The van der Waals surface area contributed by atoms with Crippen LogP contribution in [-0.4, -0.2) is 29.2 Å². The predicted molar refractivity (Wildman–Crippen MR) is 116 cm³/mol. The highest BCUT2D eigenvalue weighted by atomic mass is 35.5. The minimum Gasteiger partial charge on any atom is -0.293 e. The highest BCUT2D eigenvalue weighted by Gasteiger charge is 2.15. The third kappa shape index (κ3) is 6.28. The van der Waals surface area contributed by atoms with Gasteiger partial charge >= 0.3 is 0 Å². The van der Waals surface area contributed by atoms with E-state index >= 15 is 0 Å². The molecule has 0 bridgehead atoms. The molecule has 2 aromatic rings. The molecule has 1 N–H and O–H groups in total. The molecular formula is C17H16ClNO3S4. The maximum Gasteiger partial charge on any atom is 0.261 e. The van der Waals surface area contributed by atoms with Crippen molar-refractivity contribution in [1.82, 2.24) is 0 Å². The van der Waals surface area contributed by atoms with Gasteiger partial charge in [0.1, 0.15) is 3.53 Å². The van der Waals surface area contributed by atoms with Crippen molar-refractivity contribution in [1.29, 1.82) is 0 Å². The van der Waals surface area contributed by atoms with E-state index in [4.69, 9.17) is 23.8 Å². The van der Waals surface area contributed by atoms with E-state index in [0.717, 1.165) is 9.28 Å². The van der Waals surface area contributed by atoms with E-state index in [1.54, 1.807) is 18.2 Å². The van der Waals surface area contributed by atoms with Gasteiger partial charge in [0.15, 0.2) is 5.78 Å². The molecular weight excluding hydrogens is 430 g/mol. The number of sulfonamides is 1. The van der Waals surface area contributed by atoms with E-state index in [1.165, 1.54) is 53.9 Å². The predicted octanol–water partition coefficient (Wildman–Crippen LogP) is 5.09. The number of ketones is 1. The molecule has 2 rings (SSSR count). The largest absolute Gasteiger partial charge is 0.293 e. The fourth-order valence-corrected chi connectivity index (χ4v) is 5.17. The molecule has 26 heavy (non-hydrogen) atoms. The molecule has 0 aromatic heterocycles. The van der Waals surface area contributed by atoms with Crippen molar-refractivity contribution >= 4 is 72.4 Å². The van der Waals surface area contributed by atoms with Crippen LogP contribution in [-0.2, 0) is 10.0 Å². The summed E-state index contributed by atoms with van der Waals surface area (Å²) in [7, 11) is -3.75. The number of thiocarbonyl (C=S) groups is 1. The number of anilines is 1. The van der Waals surface area contributed by atoms with Crippen molar-refractivity contribution in [3.05, 3.63) is 59.1 Å². The number of carbonyl (C=O) groups excluding carboxylic acids is 1. The second-order valence-corrected chi connectivity index (χ2v) is 10.6. The van der Waals surface area contributed by atoms with Crippen LogP contribution in [0.5, 0.6) is 0 Å². The third-order valence-corrected chi connectivity index (χ3v) is 7.37. The summed E-state index contributed by atoms with van der Waals surface area (Å²) in [5.41, 5.74) is 0.749. The molecule has 0 radical (unpaired) electrons. The Kier molecular flexibility index (Phi) is 7.97. The van der Waals surface area contributed by atoms with Crippen LogP contribution in [0.3, 0.4) is 0 Å². The van der Waals surface area contributed by atoms with Crippen LogP contribution in [0.25, 0.3) is 0 Å². The number of halogens is 1. The van der Waals surface area contributed by atoms with Crippen LogP contribution < -0.4 is 4.72 Å². The van der Waals surface area contributed by atoms with Gasteiger partial charge in [0.05, 0.1) is 10.6 Å². The van der Waals surface area contributed by atoms with Crippen LogP contribution in [0.15, 0.2) is 53.4 Å². The summed E-state index contributed by atoms with van der Waals surface area (Å²) in [5.74, 6) is 0.975. The van der Waals surface area contributed by atoms with Gasteiger partial charge in [-0.2, -0.15) is 0 Å². The van der Waals surface area contributed by atoms with Gasteiger partial charge in [-0.3, -0.25) is 9.52 Å². The van der Waals surface area contributed by atoms with Crippen molar-refractivity contribution in [3.8, 4) is 0 Å². The van der Waals surface area contributed by atoms with Gasteiger partial charge in [-0.25, -0.2) is 8.42 Å². The van der Waals surface area contributed by atoms with E-state index in [9.17, 15) is 13.2 Å². The monoisotopic (exact) mass is 445 g/mol. The number of Topliss-reactive ketones (excluding diaryl/α,β-unsaturated/α-hetero) is 1. The molecule has 0 fully saturated rings. The Morgan fingerprint density at radius 2 is 1.85 bits per heavy atom. The Bertz CT molecular complexity index is 898. The van der Waals surface area contributed by atoms with E-state index in [1.807, 2.05) is 6.92 Å². The van der Waals surface area contributed by atoms with E-state index in [0.29, 0.717) is 16.3 Å². The molecule has 0 amide bonds. The average molecular weight is 446 g/mol. The first kappa shape index (κ1) is 21.2. The van der Waals surface area contributed by atoms with Crippen LogP contribution in [0.1, 0.15) is 17.3 Å². The van der Waals surface area contributed by atoms with Gasteiger partial charge in [-0.15, -0.1) is 11.8 Å². The highest BCUT2D eigenvalue weighted by Crippen LogP contribution is 2.21. The standard InChI is InChI=1S/C17H16ClNO3S4/c1-2-24-17(23)25-11-16(20)12-4-3-5-14(10-12)19-26(21,22)15-8-6-13(18)7-9-15/h3-10,19H,2,11H2,1H3. The quantitative estimate of drug-likeness (QED) is 0.472.